The summed E-state index contributed by atoms with van der Waals surface area (Å²) in [6, 6.07) is 6.40. The molecule has 2 heterocycles. The van der Waals surface area contributed by atoms with Crippen molar-refractivity contribution in [1.82, 2.24) is 5.32 Å². The second-order valence-corrected chi connectivity index (χ2v) is 6.33. The highest BCUT2D eigenvalue weighted by molar-refractivity contribution is 5.43. The Hall–Kier alpha value is -1.26. The Morgan fingerprint density at radius 2 is 2.05 bits per heavy atom. The van der Waals surface area contributed by atoms with Gasteiger partial charge in [-0.25, -0.2) is 0 Å². The van der Waals surface area contributed by atoms with Gasteiger partial charge in [0.1, 0.15) is 6.10 Å². The highest BCUT2D eigenvalue weighted by Crippen LogP contribution is 2.31. The molecule has 0 saturated carbocycles. The summed E-state index contributed by atoms with van der Waals surface area (Å²) in [4.78, 5) is 0. The standard InChI is InChI=1S/C18H27NO3/c1-20-18-12-14(11-15-3-2-8-19-13-15)4-5-17(18)22-16-6-9-21-10-7-16/h4-5,12,15-16,19H,2-3,6-11,13H2,1H3. The molecule has 1 unspecified atom stereocenters. The van der Waals surface area contributed by atoms with E-state index in [1.54, 1.807) is 7.11 Å². The lowest BCUT2D eigenvalue weighted by atomic mass is 9.92. The number of nitrogens with one attached hydrogen (secondary N) is 1. The maximum Gasteiger partial charge on any atom is 0.161 e. The molecule has 3 rings (SSSR count). The van der Waals surface area contributed by atoms with E-state index in [1.807, 2.05) is 0 Å². The van der Waals surface area contributed by atoms with Gasteiger partial charge < -0.3 is 19.5 Å². The molecule has 22 heavy (non-hydrogen) atoms. The van der Waals surface area contributed by atoms with Crippen molar-refractivity contribution in [3.05, 3.63) is 23.8 Å². The van der Waals surface area contributed by atoms with E-state index in [4.69, 9.17) is 14.2 Å². The maximum atomic E-state index is 6.10. The van der Waals surface area contributed by atoms with Gasteiger partial charge >= 0.3 is 0 Å². The first-order valence-corrected chi connectivity index (χ1v) is 8.47. The van der Waals surface area contributed by atoms with E-state index in [9.17, 15) is 0 Å². The number of methoxy groups -OCH3 is 1. The SMILES string of the molecule is COc1cc(CC2CCCNC2)ccc1OC1CCOCC1. The molecule has 122 valence electrons. The summed E-state index contributed by atoms with van der Waals surface area (Å²) in [6.07, 6.45) is 5.87. The van der Waals surface area contributed by atoms with Crippen LogP contribution in [-0.4, -0.2) is 39.5 Å². The van der Waals surface area contributed by atoms with Crippen LogP contribution in [0.3, 0.4) is 0 Å². The second kappa shape index (κ2) is 7.84. The Labute approximate surface area is 133 Å². The van der Waals surface area contributed by atoms with Crippen LogP contribution in [0.25, 0.3) is 0 Å². The van der Waals surface area contributed by atoms with Gasteiger partial charge in [-0.05, 0) is 56.0 Å². The first kappa shape index (κ1) is 15.6. The van der Waals surface area contributed by atoms with E-state index in [1.165, 1.54) is 18.4 Å². The third-order valence-corrected chi connectivity index (χ3v) is 4.61. The van der Waals surface area contributed by atoms with E-state index >= 15 is 0 Å². The Morgan fingerprint density at radius 1 is 1.18 bits per heavy atom. The van der Waals surface area contributed by atoms with Gasteiger partial charge in [0.15, 0.2) is 11.5 Å². The van der Waals surface area contributed by atoms with Gasteiger partial charge in [0.2, 0.25) is 0 Å². The molecular formula is C18H27NO3. The largest absolute Gasteiger partial charge is 0.493 e. The van der Waals surface area contributed by atoms with Crippen molar-refractivity contribution in [2.24, 2.45) is 5.92 Å². The summed E-state index contributed by atoms with van der Waals surface area (Å²) in [5, 5.41) is 3.48. The van der Waals surface area contributed by atoms with E-state index < -0.39 is 0 Å². The summed E-state index contributed by atoms with van der Waals surface area (Å²) in [7, 11) is 1.72. The first-order chi connectivity index (χ1) is 10.8. The summed E-state index contributed by atoms with van der Waals surface area (Å²) in [6.45, 7) is 3.87. The van der Waals surface area contributed by atoms with Gasteiger partial charge in [-0.1, -0.05) is 6.07 Å². The third kappa shape index (κ3) is 4.14. The lowest BCUT2D eigenvalue weighted by molar-refractivity contribution is 0.0245. The lowest BCUT2D eigenvalue weighted by Crippen LogP contribution is -2.30. The Balaban J connectivity index is 1.64. The Morgan fingerprint density at radius 3 is 2.77 bits per heavy atom. The molecule has 0 spiro atoms. The van der Waals surface area contributed by atoms with Crippen molar-refractivity contribution < 1.29 is 14.2 Å². The monoisotopic (exact) mass is 305 g/mol. The smallest absolute Gasteiger partial charge is 0.161 e. The van der Waals surface area contributed by atoms with Crippen LogP contribution in [0.5, 0.6) is 11.5 Å². The number of ether oxygens (including phenoxy) is 3. The first-order valence-electron chi connectivity index (χ1n) is 8.47. The summed E-state index contributed by atoms with van der Waals surface area (Å²) in [5.41, 5.74) is 1.34. The molecule has 2 saturated heterocycles. The molecule has 2 fully saturated rings. The van der Waals surface area contributed by atoms with Gasteiger partial charge in [0, 0.05) is 12.8 Å². The minimum absolute atomic E-state index is 0.246. The number of piperidine rings is 1. The molecule has 1 aromatic rings. The predicted octanol–water partition coefficient (Wildman–Crippen LogP) is 2.80. The normalized spacial score (nSPS) is 23.2. The zero-order valence-electron chi connectivity index (χ0n) is 13.5. The van der Waals surface area contributed by atoms with Gasteiger partial charge in [0.25, 0.3) is 0 Å². The molecule has 0 aromatic heterocycles. The molecule has 0 radical (unpaired) electrons. The quantitative estimate of drug-likeness (QED) is 0.908. The van der Waals surface area contributed by atoms with E-state index in [0.717, 1.165) is 63.0 Å². The van der Waals surface area contributed by atoms with Crippen LogP contribution >= 0.6 is 0 Å². The number of rotatable bonds is 5. The second-order valence-electron chi connectivity index (χ2n) is 6.33. The molecule has 2 aliphatic heterocycles. The molecule has 0 bridgehead atoms. The van der Waals surface area contributed by atoms with Crippen LogP contribution in [0.2, 0.25) is 0 Å². The average molecular weight is 305 g/mol. The average Bonchev–Trinajstić information content (AvgIpc) is 2.58. The molecule has 0 aliphatic carbocycles. The maximum absolute atomic E-state index is 6.10. The third-order valence-electron chi connectivity index (χ3n) is 4.61. The topological polar surface area (TPSA) is 39.7 Å². The molecule has 1 aromatic carbocycles. The van der Waals surface area contributed by atoms with Crippen molar-refractivity contribution in [2.75, 3.05) is 33.4 Å². The van der Waals surface area contributed by atoms with Gasteiger partial charge in [-0.3, -0.25) is 0 Å². The van der Waals surface area contributed by atoms with Crippen LogP contribution < -0.4 is 14.8 Å². The lowest BCUT2D eigenvalue weighted by Gasteiger charge is -2.25. The van der Waals surface area contributed by atoms with Crippen molar-refractivity contribution >= 4 is 0 Å². The summed E-state index contributed by atoms with van der Waals surface area (Å²) >= 11 is 0. The zero-order valence-corrected chi connectivity index (χ0v) is 13.5. The van der Waals surface area contributed by atoms with E-state index in [2.05, 4.69) is 23.5 Å². The van der Waals surface area contributed by atoms with Gasteiger partial charge in [-0.2, -0.15) is 0 Å². The highest BCUT2D eigenvalue weighted by atomic mass is 16.5. The Kier molecular flexibility index (Phi) is 5.57. The van der Waals surface area contributed by atoms with Crippen LogP contribution in [0, 0.1) is 5.92 Å². The van der Waals surface area contributed by atoms with E-state index in [-0.39, 0.29) is 6.10 Å². The fourth-order valence-corrected chi connectivity index (χ4v) is 3.34. The number of hydrogen-bond donors (Lipinski definition) is 1. The predicted molar refractivity (Wildman–Crippen MR) is 86.8 cm³/mol. The molecule has 4 nitrogen and oxygen atoms in total. The number of benzene rings is 1. The van der Waals surface area contributed by atoms with Crippen LogP contribution in [0.4, 0.5) is 0 Å². The van der Waals surface area contributed by atoms with Crippen LogP contribution in [-0.2, 0) is 11.2 Å². The Bertz CT molecular complexity index is 465. The van der Waals surface area contributed by atoms with Crippen molar-refractivity contribution in [3.63, 3.8) is 0 Å². The molecular weight excluding hydrogens is 278 g/mol. The molecule has 1 N–H and O–H groups in total. The fourth-order valence-electron chi connectivity index (χ4n) is 3.34. The summed E-state index contributed by atoms with van der Waals surface area (Å²) in [5.74, 6) is 2.45. The van der Waals surface area contributed by atoms with E-state index in [0.29, 0.717) is 0 Å². The zero-order chi connectivity index (χ0) is 15.2. The van der Waals surface area contributed by atoms with Crippen LogP contribution in [0.1, 0.15) is 31.2 Å². The highest BCUT2D eigenvalue weighted by Gasteiger charge is 2.18. The molecule has 1 atom stereocenters. The minimum atomic E-state index is 0.246. The molecule has 2 aliphatic rings. The molecule has 0 amide bonds. The molecule has 4 heteroatoms. The van der Waals surface area contributed by atoms with Crippen molar-refractivity contribution in [3.8, 4) is 11.5 Å². The number of hydrogen-bond acceptors (Lipinski definition) is 4. The van der Waals surface area contributed by atoms with Crippen LogP contribution in [0.15, 0.2) is 18.2 Å². The van der Waals surface area contributed by atoms with Gasteiger partial charge in [0.05, 0.1) is 20.3 Å². The minimum Gasteiger partial charge on any atom is -0.493 e. The van der Waals surface area contributed by atoms with Crippen molar-refractivity contribution in [2.45, 2.75) is 38.2 Å². The van der Waals surface area contributed by atoms with Crippen molar-refractivity contribution in [1.29, 1.82) is 0 Å². The fraction of sp³-hybridized carbons (Fsp3) is 0.667. The summed E-state index contributed by atoms with van der Waals surface area (Å²) < 4.78 is 17.0. The van der Waals surface area contributed by atoms with Gasteiger partial charge in [-0.15, -0.1) is 0 Å².